The molecule has 3 rings (SSSR count). The Labute approximate surface area is 174 Å². The van der Waals surface area contributed by atoms with Crippen molar-refractivity contribution in [1.29, 1.82) is 0 Å². The van der Waals surface area contributed by atoms with Crippen LogP contribution < -0.4 is 0 Å². The van der Waals surface area contributed by atoms with Crippen LogP contribution in [0.5, 0.6) is 0 Å². The summed E-state index contributed by atoms with van der Waals surface area (Å²) in [6.45, 7) is 5.75. The zero-order chi connectivity index (χ0) is 19.8. The Kier molecular flexibility index (Phi) is 6.45. The number of aromatic nitrogens is 1. The van der Waals surface area contributed by atoms with Gasteiger partial charge in [-0.1, -0.05) is 6.92 Å². The highest BCUT2D eigenvalue weighted by Gasteiger charge is 2.42. The summed E-state index contributed by atoms with van der Waals surface area (Å²) >= 11 is 2.07. The molecule has 2 aromatic rings. The summed E-state index contributed by atoms with van der Waals surface area (Å²) in [4.78, 5) is 4.60. The molecule has 0 amide bonds. The van der Waals surface area contributed by atoms with E-state index in [9.17, 15) is 9.50 Å². The zero-order valence-corrected chi connectivity index (χ0v) is 18.4. The fraction of sp³-hybridized carbons (Fsp3) is 0.450. The van der Waals surface area contributed by atoms with Gasteiger partial charge in [-0.2, -0.15) is 0 Å². The van der Waals surface area contributed by atoms with Crippen molar-refractivity contribution in [3.63, 3.8) is 0 Å². The summed E-state index contributed by atoms with van der Waals surface area (Å²) in [7, 11) is 1.26. The first-order valence-electron chi connectivity index (χ1n) is 8.81. The molecule has 146 valence electrons. The predicted octanol–water partition coefficient (Wildman–Crippen LogP) is 6.01. The van der Waals surface area contributed by atoms with Gasteiger partial charge in [0.05, 0.1) is 21.4 Å². The molecule has 1 aliphatic carbocycles. The molecule has 0 spiro atoms. The molecular weight excluding hydrogens is 483 g/mol. The Morgan fingerprint density at radius 3 is 2.48 bits per heavy atom. The van der Waals surface area contributed by atoms with Gasteiger partial charge >= 0.3 is 0 Å². The highest BCUT2D eigenvalue weighted by atomic mass is 127. The zero-order valence-electron chi connectivity index (χ0n) is 15.4. The van der Waals surface area contributed by atoms with Gasteiger partial charge in [-0.25, -0.2) is 13.8 Å². The van der Waals surface area contributed by atoms with Crippen LogP contribution >= 0.6 is 30.4 Å². The minimum absolute atomic E-state index is 0.0168. The lowest BCUT2D eigenvalue weighted by molar-refractivity contribution is 0.0743. The van der Waals surface area contributed by atoms with Crippen LogP contribution in [0.15, 0.2) is 30.3 Å². The molecule has 3 nitrogen and oxygen atoms in total. The van der Waals surface area contributed by atoms with Crippen LogP contribution in [0.1, 0.15) is 44.4 Å². The van der Waals surface area contributed by atoms with E-state index in [1.807, 2.05) is 0 Å². The van der Waals surface area contributed by atoms with Gasteiger partial charge in [-0.05, 0) is 62.4 Å². The summed E-state index contributed by atoms with van der Waals surface area (Å²) in [5.74, 6) is 0.0229. The van der Waals surface area contributed by atoms with Crippen molar-refractivity contribution in [3.05, 3.63) is 53.2 Å². The third kappa shape index (κ3) is 4.81. The maximum atomic E-state index is 15.2. The van der Waals surface area contributed by atoms with E-state index in [4.69, 9.17) is 4.18 Å². The minimum Gasteiger partial charge on any atom is -0.386 e. The fourth-order valence-electron chi connectivity index (χ4n) is 3.42. The first-order valence-corrected chi connectivity index (χ1v) is 12.1. The topological polar surface area (TPSA) is 42.4 Å². The summed E-state index contributed by atoms with van der Waals surface area (Å²) in [5, 5.41) is 10.5. The van der Waals surface area contributed by atoms with E-state index in [1.54, 1.807) is 19.9 Å². The number of benzene rings is 1. The van der Waals surface area contributed by atoms with Crippen LogP contribution in [0.25, 0.3) is 11.3 Å². The molecule has 3 atom stereocenters. The molecular formula is C20H22F2INO2S. The predicted molar refractivity (Wildman–Crippen MR) is 112 cm³/mol. The van der Waals surface area contributed by atoms with Crippen LogP contribution in [0.3, 0.4) is 0 Å². The number of hydrogen-bond acceptors (Lipinski definition) is 4. The van der Waals surface area contributed by atoms with Crippen molar-refractivity contribution in [2.24, 2.45) is 11.8 Å². The monoisotopic (exact) mass is 505 g/mol. The van der Waals surface area contributed by atoms with Gasteiger partial charge < -0.3 is 9.29 Å². The van der Waals surface area contributed by atoms with Gasteiger partial charge in [-0.15, -0.1) is 0 Å². The van der Waals surface area contributed by atoms with Gasteiger partial charge in [0.25, 0.3) is 0 Å². The summed E-state index contributed by atoms with van der Waals surface area (Å²) < 4.78 is 34.1. The fourth-order valence-corrected chi connectivity index (χ4v) is 4.06. The third-order valence-electron chi connectivity index (χ3n) is 5.11. The molecule has 1 fully saturated rings. The van der Waals surface area contributed by atoms with E-state index >= 15 is 4.39 Å². The van der Waals surface area contributed by atoms with Crippen LogP contribution in [0.2, 0.25) is 0 Å². The molecule has 0 aliphatic heterocycles. The van der Waals surface area contributed by atoms with Crippen LogP contribution in [0.4, 0.5) is 8.78 Å². The molecule has 1 aliphatic rings. The molecule has 0 saturated heterocycles. The standard InChI is InChI=1S/C20H22F2INO2S/c1-11-8-14(11)15(10-26-27-23)17-9-16(20(2,3)25)18(22)19(24-17)12-4-6-13(21)7-5-12/h4-7,9,11,14-15,25H,8,10H2,1-3H3. The maximum Gasteiger partial charge on any atom is 0.155 e. The summed E-state index contributed by atoms with van der Waals surface area (Å²) in [5.41, 5.74) is 0.132. The lowest BCUT2D eigenvalue weighted by Gasteiger charge is -2.24. The molecule has 1 N–H and O–H groups in total. The Morgan fingerprint density at radius 1 is 1.33 bits per heavy atom. The van der Waals surface area contributed by atoms with E-state index in [1.165, 1.54) is 33.5 Å². The van der Waals surface area contributed by atoms with E-state index < -0.39 is 17.2 Å². The number of rotatable bonds is 7. The molecule has 27 heavy (non-hydrogen) atoms. The summed E-state index contributed by atoms with van der Waals surface area (Å²) in [6, 6.07) is 7.22. The highest BCUT2D eigenvalue weighted by molar-refractivity contribution is 14.2. The Hall–Kier alpha value is -0.770. The van der Waals surface area contributed by atoms with Crippen molar-refractivity contribution in [3.8, 4) is 11.3 Å². The van der Waals surface area contributed by atoms with E-state index in [-0.39, 0.29) is 17.2 Å². The second kappa shape index (κ2) is 8.31. The first kappa shape index (κ1) is 21.0. The molecule has 3 unspecified atom stereocenters. The van der Waals surface area contributed by atoms with E-state index in [0.717, 1.165) is 6.42 Å². The lowest BCUT2D eigenvalue weighted by atomic mass is 9.90. The minimum atomic E-state index is -1.37. The number of hydrogen-bond donors (Lipinski definition) is 1. The molecule has 1 aromatic carbocycles. The van der Waals surface area contributed by atoms with Crippen LogP contribution in [-0.2, 0) is 9.78 Å². The van der Waals surface area contributed by atoms with Crippen molar-refractivity contribution in [2.75, 3.05) is 6.61 Å². The second-order valence-corrected chi connectivity index (χ2v) is 9.09. The SMILES string of the molecule is CC1CC1C(COSI)c1cc(C(C)(C)O)c(F)c(-c2ccc(F)cc2)n1. The highest BCUT2D eigenvalue weighted by Crippen LogP contribution is 2.49. The summed E-state index contributed by atoms with van der Waals surface area (Å²) in [6.07, 6.45) is 1.07. The largest absolute Gasteiger partial charge is 0.386 e. The normalized spacial score (nSPS) is 20.6. The first-order chi connectivity index (χ1) is 12.7. The van der Waals surface area contributed by atoms with Gasteiger partial charge in [-0.3, -0.25) is 0 Å². The van der Waals surface area contributed by atoms with Crippen molar-refractivity contribution < 1.29 is 18.1 Å². The molecule has 1 aromatic heterocycles. The van der Waals surface area contributed by atoms with Gasteiger partial charge in [0.15, 0.2) is 5.82 Å². The van der Waals surface area contributed by atoms with Gasteiger partial charge in [0.1, 0.15) is 11.5 Å². The van der Waals surface area contributed by atoms with E-state index in [0.29, 0.717) is 29.7 Å². The van der Waals surface area contributed by atoms with Crippen LogP contribution in [-0.4, -0.2) is 16.7 Å². The van der Waals surface area contributed by atoms with Crippen molar-refractivity contribution in [1.82, 2.24) is 4.98 Å². The molecule has 1 heterocycles. The number of nitrogens with zero attached hydrogens (tertiary/aromatic N) is 1. The molecule has 0 radical (unpaired) electrons. The molecule has 7 heteroatoms. The Morgan fingerprint density at radius 2 is 1.96 bits per heavy atom. The third-order valence-corrected chi connectivity index (χ3v) is 6.10. The maximum absolute atomic E-state index is 15.2. The Balaban J connectivity index is 2.13. The molecule has 1 saturated carbocycles. The quantitative estimate of drug-likeness (QED) is 0.370. The smallest absolute Gasteiger partial charge is 0.155 e. The number of aliphatic hydroxyl groups is 1. The van der Waals surface area contributed by atoms with Crippen molar-refractivity contribution in [2.45, 2.75) is 38.7 Å². The second-order valence-electron chi connectivity index (χ2n) is 7.65. The molecule has 0 bridgehead atoms. The lowest BCUT2D eigenvalue weighted by Crippen LogP contribution is -2.21. The average Bonchev–Trinajstić information content (AvgIpc) is 3.32. The van der Waals surface area contributed by atoms with Crippen molar-refractivity contribution >= 4 is 30.4 Å². The Bertz CT molecular complexity index is 811. The number of pyridine rings is 1. The van der Waals surface area contributed by atoms with E-state index in [2.05, 4.69) is 33.1 Å². The van der Waals surface area contributed by atoms with Gasteiger partial charge in [0, 0.05) is 43.9 Å². The van der Waals surface area contributed by atoms with Crippen LogP contribution in [0, 0.1) is 23.5 Å². The van der Waals surface area contributed by atoms with Gasteiger partial charge in [0.2, 0.25) is 0 Å². The average molecular weight is 505 g/mol. The number of halogens is 3.